The summed E-state index contributed by atoms with van der Waals surface area (Å²) in [5.74, 6) is 0.294. The van der Waals surface area contributed by atoms with Crippen LogP contribution >= 0.6 is 0 Å². The number of anilines is 1. The number of pyridine rings is 1. The number of nitrogens with zero attached hydrogens (tertiary/aromatic N) is 3. The molecule has 0 aromatic carbocycles. The van der Waals surface area contributed by atoms with Gasteiger partial charge in [0.25, 0.3) is 0 Å². The van der Waals surface area contributed by atoms with Gasteiger partial charge in [-0.3, -0.25) is 10.1 Å². The van der Waals surface area contributed by atoms with Gasteiger partial charge in [0, 0.05) is 25.4 Å². The van der Waals surface area contributed by atoms with E-state index in [1.807, 2.05) is 6.92 Å². The first-order valence-corrected chi connectivity index (χ1v) is 5.42. The number of likely N-dealkylation sites (N-methyl/N-ethyl adjacent to an activating group) is 1. The minimum atomic E-state index is -0.929. The third-order valence-corrected chi connectivity index (χ3v) is 2.22. The summed E-state index contributed by atoms with van der Waals surface area (Å²) < 4.78 is 0. The maximum absolute atomic E-state index is 10.9. The van der Waals surface area contributed by atoms with E-state index in [1.54, 1.807) is 18.7 Å². The highest BCUT2D eigenvalue weighted by atomic mass is 16.6. The second kappa shape index (κ2) is 5.09. The summed E-state index contributed by atoms with van der Waals surface area (Å²) in [6, 6.07) is 2.94. The molecule has 0 aliphatic carbocycles. The first-order chi connectivity index (χ1) is 7.85. The van der Waals surface area contributed by atoms with Crippen LogP contribution in [0.2, 0.25) is 0 Å². The van der Waals surface area contributed by atoms with Crippen molar-refractivity contribution in [3.63, 3.8) is 0 Å². The van der Waals surface area contributed by atoms with Gasteiger partial charge in [0.15, 0.2) is 0 Å². The smallest absolute Gasteiger partial charge is 0.311 e. The van der Waals surface area contributed by atoms with Gasteiger partial charge < -0.3 is 10.0 Å². The molecule has 0 aliphatic rings. The fourth-order valence-corrected chi connectivity index (χ4v) is 1.58. The van der Waals surface area contributed by atoms with E-state index >= 15 is 0 Å². The molecule has 0 amide bonds. The van der Waals surface area contributed by atoms with Crippen molar-refractivity contribution in [2.45, 2.75) is 26.4 Å². The molecule has 6 nitrogen and oxygen atoms in total. The molecule has 1 N–H and O–H groups in total. The average Bonchev–Trinajstić information content (AvgIpc) is 2.24. The number of hydrogen-bond acceptors (Lipinski definition) is 5. The Balaban J connectivity index is 3.07. The van der Waals surface area contributed by atoms with Gasteiger partial charge >= 0.3 is 5.69 Å². The number of rotatable bonds is 5. The lowest BCUT2D eigenvalue weighted by Crippen LogP contribution is -2.39. The lowest BCUT2D eigenvalue weighted by molar-refractivity contribution is -0.384. The Morgan fingerprint density at radius 2 is 2.24 bits per heavy atom. The van der Waals surface area contributed by atoms with E-state index in [9.17, 15) is 15.2 Å². The molecule has 1 aromatic heterocycles. The second-order valence-electron chi connectivity index (χ2n) is 4.43. The third-order valence-electron chi connectivity index (χ3n) is 2.22. The molecule has 17 heavy (non-hydrogen) atoms. The minimum Gasteiger partial charge on any atom is -0.389 e. The highest BCUT2D eigenvalue weighted by molar-refractivity contribution is 5.57. The van der Waals surface area contributed by atoms with Crippen molar-refractivity contribution in [1.29, 1.82) is 0 Å². The molecule has 0 aliphatic heterocycles. The molecule has 1 aromatic rings. The van der Waals surface area contributed by atoms with E-state index in [0.717, 1.165) is 0 Å². The zero-order chi connectivity index (χ0) is 13.1. The highest BCUT2D eigenvalue weighted by Crippen LogP contribution is 2.25. The van der Waals surface area contributed by atoms with Crippen molar-refractivity contribution in [1.82, 2.24) is 4.98 Å². The standard InChI is InChI=1S/C11H17N3O3/c1-4-13(8-11(2,3)15)10-9(14(16)17)6-5-7-12-10/h5-7,15H,4,8H2,1-3H3. The molecule has 0 fully saturated rings. The van der Waals surface area contributed by atoms with Gasteiger partial charge in [0.05, 0.1) is 10.5 Å². The molecule has 6 heteroatoms. The van der Waals surface area contributed by atoms with Crippen molar-refractivity contribution < 1.29 is 10.0 Å². The van der Waals surface area contributed by atoms with Gasteiger partial charge in [-0.2, -0.15) is 0 Å². The van der Waals surface area contributed by atoms with Gasteiger partial charge in [0.2, 0.25) is 5.82 Å². The topological polar surface area (TPSA) is 79.5 Å². The molecule has 0 atom stereocenters. The van der Waals surface area contributed by atoms with Crippen LogP contribution in [0.25, 0.3) is 0 Å². The molecule has 0 spiro atoms. The quantitative estimate of drug-likeness (QED) is 0.623. The van der Waals surface area contributed by atoms with Crippen molar-refractivity contribution in [3.05, 3.63) is 28.4 Å². The second-order valence-corrected chi connectivity index (χ2v) is 4.43. The molecule has 94 valence electrons. The molecule has 1 rings (SSSR count). The first-order valence-electron chi connectivity index (χ1n) is 5.42. The van der Waals surface area contributed by atoms with E-state index in [2.05, 4.69) is 4.98 Å². The molecular formula is C11H17N3O3. The van der Waals surface area contributed by atoms with Crippen molar-refractivity contribution in [2.75, 3.05) is 18.0 Å². The van der Waals surface area contributed by atoms with Gasteiger partial charge in [-0.05, 0) is 26.8 Å². The van der Waals surface area contributed by atoms with Gasteiger partial charge in [-0.15, -0.1) is 0 Å². The Hall–Kier alpha value is -1.69. The average molecular weight is 239 g/mol. The summed E-state index contributed by atoms with van der Waals surface area (Å²) in [5.41, 5.74) is -0.972. The van der Waals surface area contributed by atoms with Gasteiger partial charge in [0.1, 0.15) is 0 Å². The lowest BCUT2D eigenvalue weighted by Gasteiger charge is -2.28. The maximum Gasteiger partial charge on any atom is 0.311 e. The molecule has 0 unspecified atom stereocenters. The van der Waals surface area contributed by atoms with E-state index < -0.39 is 10.5 Å². The third kappa shape index (κ3) is 3.67. The fourth-order valence-electron chi connectivity index (χ4n) is 1.58. The Morgan fingerprint density at radius 3 is 2.71 bits per heavy atom. The summed E-state index contributed by atoms with van der Waals surface area (Å²) in [4.78, 5) is 16.1. The molecule has 0 bridgehead atoms. The van der Waals surface area contributed by atoms with Crippen molar-refractivity contribution in [3.8, 4) is 0 Å². The van der Waals surface area contributed by atoms with E-state index in [1.165, 1.54) is 18.3 Å². The van der Waals surface area contributed by atoms with E-state index in [-0.39, 0.29) is 5.69 Å². The van der Waals surface area contributed by atoms with Crippen molar-refractivity contribution in [2.24, 2.45) is 0 Å². The molecular weight excluding hydrogens is 222 g/mol. The van der Waals surface area contributed by atoms with Crippen molar-refractivity contribution >= 4 is 11.5 Å². The van der Waals surface area contributed by atoms with Crippen LogP contribution in [0.3, 0.4) is 0 Å². The van der Waals surface area contributed by atoms with Crippen LogP contribution < -0.4 is 4.90 Å². The predicted octanol–water partition coefficient (Wildman–Crippen LogP) is 1.59. The lowest BCUT2D eigenvalue weighted by atomic mass is 10.1. The Labute approximate surface area is 100 Å². The summed E-state index contributed by atoms with van der Waals surface area (Å²) in [5, 5.41) is 20.7. The summed E-state index contributed by atoms with van der Waals surface area (Å²) in [7, 11) is 0. The van der Waals surface area contributed by atoms with Crippen LogP contribution in [-0.4, -0.2) is 33.7 Å². The van der Waals surface area contributed by atoms with Gasteiger partial charge in [-0.1, -0.05) is 0 Å². The molecule has 0 saturated carbocycles. The predicted molar refractivity (Wildman–Crippen MR) is 65.1 cm³/mol. The molecule has 1 heterocycles. The fraction of sp³-hybridized carbons (Fsp3) is 0.545. The monoisotopic (exact) mass is 239 g/mol. The van der Waals surface area contributed by atoms with Crippen LogP contribution in [0.15, 0.2) is 18.3 Å². The number of aliphatic hydroxyl groups is 1. The highest BCUT2D eigenvalue weighted by Gasteiger charge is 2.24. The van der Waals surface area contributed by atoms with Crippen LogP contribution in [0.4, 0.5) is 11.5 Å². The van der Waals surface area contributed by atoms with E-state index in [4.69, 9.17) is 0 Å². The Kier molecular flexibility index (Phi) is 4.01. The summed E-state index contributed by atoms with van der Waals surface area (Å²) in [6.07, 6.45) is 1.51. The maximum atomic E-state index is 10.9. The normalized spacial score (nSPS) is 11.3. The van der Waals surface area contributed by atoms with Crippen LogP contribution in [-0.2, 0) is 0 Å². The molecule has 0 saturated heterocycles. The Morgan fingerprint density at radius 1 is 1.59 bits per heavy atom. The molecule has 0 radical (unpaired) electrons. The first kappa shape index (κ1) is 13.4. The largest absolute Gasteiger partial charge is 0.389 e. The summed E-state index contributed by atoms with van der Waals surface area (Å²) in [6.45, 7) is 6.02. The van der Waals surface area contributed by atoms with Crippen LogP contribution in [0.1, 0.15) is 20.8 Å². The zero-order valence-electron chi connectivity index (χ0n) is 10.3. The minimum absolute atomic E-state index is 0.0430. The van der Waals surface area contributed by atoms with Crippen LogP contribution in [0, 0.1) is 10.1 Å². The zero-order valence-corrected chi connectivity index (χ0v) is 10.3. The SMILES string of the molecule is CCN(CC(C)(C)O)c1ncccc1[N+](=O)[O-]. The number of hydrogen-bond donors (Lipinski definition) is 1. The van der Waals surface area contributed by atoms with Crippen LogP contribution in [0.5, 0.6) is 0 Å². The van der Waals surface area contributed by atoms with Gasteiger partial charge in [-0.25, -0.2) is 4.98 Å². The van der Waals surface area contributed by atoms with E-state index in [0.29, 0.717) is 18.9 Å². The Bertz CT molecular complexity index is 401. The summed E-state index contributed by atoms with van der Waals surface area (Å²) >= 11 is 0. The number of aromatic nitrogens is 1. The number of nitro groups is 1.